The average Bonchev–Trinajstić information content (AvgIpc) is 3.07. The highest BCUT2D eigenvalue weighted by Gasteiger charge is 2.82. The molecule has 3 fully saturated rings. The van der Waals surface area contributed by atoms with Crippen molar-refractivity contribution in [3.05, 3.63) is 60.7 Å². The lowest BCUT2D eigenvalue weighted by Crippen LogP contribution is -2.74. The van der Waals surface area contributed by atoms with Gasteiger partial charge in [-0.05, 0) is 56.9 Å². The molecule has 2 aromatic rings. The number of rotatable bonds is 5. The molecule has 2 bridgehead atoms. The Labute approximate surface area is 228 Å². The third kappa shape index (κ3) is 4.16. The molecule has 8 heteroatoms. The summed E-state index contributed by atoms with van der Waals surface area (Å²) in [5.74, 6) is -4.45. The maximum atomic E-state index is 14.2. The first-order valence-corrected chi connectivity index (χ1v) is 13.5. The normalized spacial score (nSPS) is 36.4. The highest BCUT2D eigenvalue weighted by Crippen LogP contribution is 2.70. The highest BCUT2D eigenvalue weighted by atomic mass is 16.6. The van der Waals surface area contributed by atoms with Crippen LogP contribution >= 0.6 is 0 Å². The van der Waals surface area contributed by atoms with Crippen LogP contribution in [0.5, 0.6) is 11.5 Å². The van der Waals surface area contributed by atoms with Gasteiger partial charge in [0.15, 0.2) is 0 Å². The Morgan fingerprint density at radius 3 is 1.95 bits per heavy atom. The van der Waals surface area contributed by atoms with Crippen LogP contribution in [0, 0.1) is 29.1 Å². The van der Waals surface area contributed by atoms with Crippen molar-refractivity contribution >= 4 is 17.9 Å². The monoisotopic (exact) mass is 536 g/mol. The van der Waals surface area contributed by atoms with Gasteiger partial charge in [-0.2, -0.15) is 0 Å². The molecule has 2 aromatic carbocycles. The summed E-state index contributed by atoms with van der Waals surface area (Å²) >= 11 is 0. The number of aliphatic hydroxyl groups excluding tert-OH is 1. The standard InChI is InChI=1S/C31H36O8/c1-18-16-17-22(33)30(5)25(28(35)38-21-14-10-7-11-15-21)23(27(34)37-20-12-8-6-9-13-20)24-26(36-19(2)32)31(18,30)39-29(24,3)4/h6-15,18,22-26,33H,16-17H2,1-5H3/t18-,22+,23-,24-,25+,26-,30+,31-/m1/s1. The summed E-state index contributed by atoms with van der Waals surface area (Å²) in [7, 11) is 0. The molecule has 0 amide bonds. The van der Waals surface area contributed by atoms with Crippen LogP contribution < -0.4 is 9.47 Å². The van der Waals surface area contributed by atoms with E-state index in [-0.39, 0.29) is 5.92 Å². The summed E-state index contributed by atoms with van der Waals surface area (Å²) in [5.41, 5.74) is -3.59. The van der Waals surface area contributed by atoms with E-state index in [4.69, 9.17) is 18.9 Å². The molecule has 2 saturated carbocycles. The zero-order valence-electron chi connectivity index (χ0n) is 23.0. The summed E-state index contributed by atoms with van der Waals surface area (Å²) < 4.78 is 24.6. The van der Waals surface area contributed by atoms with E-state index in [9.17, 15) is 19.5 Å². The highest BCUT2D eigenvalue weighted by molar-refractivity contribution is 5.87. The van der Waals surface area contributed by atoms with Crippen molar-refractivity contribution < 1.29 is 38.4 Å². The molecule has 0 unspecified atom stereocenters. The predicted octanol–water partition coefficient (Wildman–Crippen LogP) is 4.34. The van der Waals surface area contributed by atoms with E-state index >= 15 is 0 Å². The number of benzene rings is 2. The molecular weight excluding hydrogens is 500 g/mol. The van der Waals surface area contributed by atoms with Crippen molar-refractivity contribution in [1.82, 2.24) is 0 Å². The minimum Gasteiger partial charge on any atom is -0.459 e. The Hall–Kier alpha value is -3.23. The fourth-order valence-electron chi connectivity index (χ4n) is 7.71. The largest absolute Gasteiger partial charge is 0.459 e. The van der Waals surface area contributed by atoms with Crippen molar-refractivity contribution in [2.45, 2.75) is 70.9 Å². The average molecular weight is 537 g/mol. The number of hydrogen-bond acceptors (Lipinski definition) is 8. The summed E-state index contributed by atoms with van der Waals surface area (Å²) in [5, 5.41) is 11.7. The van der Waals surface area contributed by atoms with Gasteiger partial charge in [-0.25, -0.2) is 0 Å². The molecule has 1 aliphatic heterocycles. The number of para-hydroxylation sites is 2. The summed E-state index contributed by atoms with van der Waals surface area (Å²) in [6.07, 6.45) is -0.955. The van der Waals surface area contributed by atoms with Crippen LogP contribution in [-0.4, -0.2) is 46.4 Å². The Balaban J connectivity index is 1.71. The number of carbonyl (C=O) groups is 3. The molecule has 8 atom stereocenters. The second kappa shape index (κ2) is 9.75. The Kier molecular flexibility index (Phi) is 6.84. The zero-order valence-corrected chi connectivity index (χ0v) is 23.0. The molecule has 39 heavy (non-hydrogen) atoms. The van der Waals surface area contributed by atoms with Gasteiger partial charge in [0.1, 0.15) is 23.2 Å². The molecule has 5 rings (SSSR count). The van der Waals surface area contributed by atoms with Crippen molar-refractivity contribution in [2.24, 2.45) is 29.1 Å². The van der Waals surface area contributed by atoms with Crippen LogP contribution in [0.25, 0.3) is 0 Å². The Morgan fingerprint density at radius 2 is 1.41 bits per heavy atom. The van der Waals surface area contributed by atoms with Crippen LogP contribution in [0.2, 0.25) is 0 Å². The van der Waals surface area contributed by atoms with Gasteiger partial charge in [-0.15, -0.1) is 0 Å². The van der Waals surface area contributed by atoms with Gasteiger partial charge >= 0.3 is 17.9 Å². The predicted molar refractivity (Wildman–Crippen MR) is 141 cm³/mol. The van der Waals surface area contributed by atoms with Crippen LogP contribution in [0.1, 0.15) is 47.5 Å². The maximum absolute atomic E-state index is 14.2. The molecule has 1 heterocycles. The zero-order chi connectivity index (χ0) is 28.2. The number of hydrogen-bond donors (Lipinski definition) is 1. The van der Waals surface area contributed by atoms with Crippen LogP contribution in [0.15, 0.2) is 60.7 Å². The lowest BCUT2D eigenvalue weighted by molar-refractivity contribution is -0.278. The van der Waals surface area contributed by atoms with Crippen LogP contribution in [-0.2, 0) is 23.9 Å². The topological polar surface area (TPSA) is 108 Å². The first-order chi connectivity index (χ1) is 18.4. The Bertz CT molecular complexity index is 1240. The summed E-state index contributed by atoms with van der Waals surface area (Å²) in [6.45, 7) is 8.75. The van der Waals surface area contributed by atoms with E-state index < -0.39 is 64.5 Å². The lowest BCUT2D eigenvalue weighted by atomic mass is 9.44. The van der Waals surface area contributed by atoms with Gasteiger partial charge in [0.2, 0.25) is 0 Å². The second-order valence-electron chi connectivity index (χ2n) is 11.8. The van der Waals surface area contributed by atoms with Crippen molar-refractivity contribution in [2.75, 3.05) is 0 Å². The van der Waals surface area contributed by atoms with Crippen molar-refractivity contribution in [1.29, 1.82) is 0 Å². The van der Waals surface area contributed by atoms with Crippen LogP contribution in [0.4, 0.5) is 0 Å². The van der Waals surface area contributed by atoms with Gasteiger partial charge in [-0.3, -0.25) is 14.4 Å². The Morgan fingerprint density at radius 1 is 0.872 bits per heavy atom. The van der Waals surface area contributed by atoms with Crippen LogP contribution in [0.3, 0.4) is 0 Å². The van der Waals surface area contributed by atoms with Crippen molar-refractivity contribution in [3.63, 3.8) is 0 Å². The fraction of sp³-hybridized carbons (Fsp3) is 0.516. The number of fused-ring (bicyclic) bond motifs is 1. The lowest BCUT2D eigenvalue weighted by Gasteiger charge is -2.62. The molecule has 0 radical (unpaired) electrons. The van der Waals surface area contributed by atoms with E-state index in [1.165, 1.54) is 6.92 Å². The number of esters is 3. The van der Waals surface area contributed by atoms with Gasteiger partial charge in [0.25, 0.3) is 0 Å². The first-order valence-electron chi connectivity index (χ1n) is 13.5. The quantitative estimate of drug-likeness (QED) is 0.444. The molecule has 2 aliphatic carbocycles. The number of carbonyl (C=O) groups excluding carboxylic acids is 3. The molecule has 0 aromatic heterocycles. The van der Waals surface area contributed by atoms with E-state index in [2.05, 4.69) is 0 Å². The smallest absolute Gasteiger partial charge is 0.316 e. The minimum atomic E-state index is -1.35. The number of aliphatic hydroxyl groups is 1. The number of ether oxygens (including phenoxy) is 4. The van der Waals surface area contributed by atoms with Gasteiger partial charge in [0.05, 0.1) is 23.5 Å². The first kappa shape index (κ1) is 27.3. The second-order valence-corrected chi connectivity index (χ2v) is 11.8. The molecular formula is C31H36O8. The molecule has 8 nitrogen and oxygen atoms in total. The maximum Gasteiger partial charge on any atom is 0.316 e. The third-order valence-electron chi connectivity index (χ3n) is 9.26. The molecule has 3 aliphatic rings. The third-order valence-corrected chi connectivity index (χ3v) is 9.26. The minimum absolute atomic E-state index is 0.197. The molecule has 1 N–H and O–H groups in total. The van der Waals surface area contributed by atoms with E-state index in [0.717, 1.165) is 0 Å². The SMILES string of the molecule is CC(=O)O[C@@H]1[C@H]2[C@@H](C(=O)Oc3ccccc3)[C@@H](C(=O)Oc3ccccc3)[C@]3(C)[C@@H](O)CC[C@@H](C)[C@@]13OC2(C)C. The molecule has 1 saturated heterocycles. The van der Waals surface area contributed by atoms with Gasteiger partial charge in [0, 0.05) is 18.3 Å². The van der Waals surface area contributed by atoms with E-state index in [1.807, 2.05) is 20.8 Å². The van der Waals surface area contributed by atoms with Crippen molar-refractivity contribution in [3.8, 4) is 11.5 Å². The fourth-order valence-corrected chi connectivity index (χ4v) is 7.71. The molecule has 208 valence electrons. The summed E-state index contributed by atoms with van der Waals surface area (Å²) in [4.78, 5) is 40.8. The van der Waals surface area contributed by atoms with E-state index in [1.54, 1.807) is 67.6 Å². The summed E-state index contributed by atoms with van der Waals surface area (Å²) in [6, 6.07) is 17.2. The van der Waals surface area contributed by atoms with E-state index in [0.29, 0.717) is 24.3 Å². The molecule has 1 spiro atoms. The van der Waals surface area contributed by atoms with Gasteiger partial charge < -0.3 is 24.1 Å². The van der Waals surface area contributed by atoms with Gasteiger partial charge in [-0.1, -0.05) is 50.2 Å².